The Morgan fingerprint density at radius 2 is 1.90 bits per heavy atom. The number of carbonyl (C=O) groups is 1. The van der Waals surface area contributed by atoms with Crippen LogP contribution in [-0.2, 0) is 0 Å². The number of aromatic nitrogens is 4. The Kier molecular flexibility index (Phi) is 5.33. The van der Waals surface area contributed by atoms with Crippen LogP contribution in [0.15, 0.2) is 30.6 Å². The van der Waals surface area contributed by atoms with Gasteiger partial charge in [0.05, 0.1) is 11.0 Å². The molecule has 2 amide bonds. The van der Waals surface area contributed by atoms with E-state index in [1.54, 1.807) is 0 Å². The molecule has 152 valence electrons. The van der Waals surface area contributed by atoms with Gasteiger partial charge in [-0.2, -0.15) is 0 Å². The number of benzene rings is 1. The van der Waals surface area contributed by atoms with Gasteiger partial charge in [-0.25, -0.2) is 19.7 Å². The maximum Gasteiger partial charge on any atom is 0.321 e. The highest BCUT2D eigenvalue weighted by Crippen LogP contribution is 2.26. The monoisotopic (exact) mass is 393 g/mol. The lowest BCUT2D eigenvalue weighted by Crippen LogP contribution is -2.39. The number of urea groups is 1. The second kappa shape index (κ2) is 8.06. The molecule has 1 fully saturated rings. The fourth-order valence-corrected chi connectivity index (χ4v) is 4.02. The van der Waals surface area contributed by atoms with Gasteiger partial charge in [-0.1, -0.05) is 19.9 Å². The zero-order valence-electron chi connectivity index (χ0n) is 17.1. The van der Waals surface area contributed by atoms with Crippen molar-refractivity contribution in [2.45, 2.75) is 27.2 Å². The Balaban J connectivity index is 1.52. The van der Waals surface area contributed by atoms with Crippen molar-refractivity contribution in [1.29, 1.82) is 0 Å². The molecule has 3 N–H and O–H groups in total. The largest absolute Gasteiger partial charge is 0.340 e. The molecule has 1 aromatic carbocycles. The van der Waals surface area contributed by atoms with Crippen molar-refractivity contribution in [3.63, 3.8) is 0 Å². The summed E-state index contributed by atoms with van der Waals surface area (Å²) in [6.07, 6.45) is 5.01. The normalized spacial score (nSPS) is 19.3. The number of aromatic amines is 1. The topological polar surface area (TPSA) is 98.8 Å². The molecule has 29 heavy (non-hydrogen) atoms. The smallest absolute Gasteiger partial charge is 0.321 e. The van der Waals surface area contributed by atoms with Crippen LogP contribution in [0.1, 0.15) is 27.2 Å². The van der Waals surface area contributed by atoms with Gasteiger partial charge in [0.25, 0.3) is 0 Å². The van der Waals surface area contributed by atoms with Crippen molar-refractivity contribution < 1.29 is 4.79 Å². The third-order valence-electron chi connectivity index (χ3n) is 5.17. The van der Waals surface area contributed by atoms with E-state index >= 15 is 0 Å². The van der Waals surface area contributed by atoms with Gasteiger partial charge >= 0.3 is 6.03 Å². The predicted molar refractivity (Wildman–Crippen MR) is 115 cm³/mol. The highest BCUT2D eigenvalue weighted by atomic mass is 16.2. The van der Waals surface area contributed by atoms with E-state index in [1.165, 1.54) is 6.42 Å². The third kappa shape index (κ3) is 4.31. The molecule has 4 rings (SSSR count). The van der Waals surface area contributed by atoms with E-state index in [-0.39, 0.29) is 6.03 Å². The summed E-state index contributed by atoms with van der Waals surface area (Å²) in [5.74, 6) is 2.53. The maximum absolute atomic E-state index is 11.7. The minimum absolute atomic E-state index is 0.280. The Labute approximate surface area is 170 Å². The maximum atomic E-state index is 11.7. The molecule has 3 heterocycles. The van der Waals surface area contributed by atoms with Crippen molar-refractivity contribution in [3.05, 3.63) is 30.6 Å². The van der Waals surface area contributed by atoms with Crippen LogP contribution in [0.2, 0.25) is 0 Å². The summed E-state index contributed by atoms with van der Waals surface area (Å²) in [4.78, 5) is 30.7. The molecule has 8 nitrogen and oxygen atoms in total. The summed E-state index contributed by atoms with van der Waals surface area (Å²) in [5, 5.41) is 5.38. The van der Waals surface area contributed by atoms with Crippen molar-refractivity contribution in [3.8, 4) is 11.1 Å². The first-order chi connectivity index (χ1) is 14.0. The summed E-state index contributed by atoms with van der Waals surface area (Å²) < 4.78 is 0. The molecule has 1 aliphatic heterocycles. The molecule has 3 aromatic rings. The van der Waals surface area contributed by atoms with Gasteiger partial charge in [0.2, 0.25) is 11.9 Å². The summed E-state index contributed by atoms with van der Waals surface area (Å²) >= 11 is 0. The minimum Gasteiger partial charge on any atom is -0.340 e. The van der Waals surface area contributed by atoms with E-state index < -0.39 is 0 Å². The van der Waals surface area contributed by atoms with Gasteiger partial charge in [0.1, 0.15) is 0 Å². The zero-order valence-corrected chi connectivity index (χ0v) is 17.1. The molecule has 0 radical (unpaired) electrons. The van der Waals surface area contributed by atoms with Gasteiger partial charge < -0.3 is 15.2 Å². The molecule has 0 bridgehead atoms. The molecular formula is C21H27N7O. The first kappa shape index (κ1) is 19.2. The van der Waals surface area contributed by atoms with E-state index in [0.717, 1.165) is 41.2 Å². The fraction of sp³-hybridized carbons (Fsp3) is 0.429. The number of piperidine rings is 1. The SMILES string of the molecule is CCNC(=O)Nc1nc2ccc(-c3cnc(N4CC(C)CC(C)C4)nc3)cc2[nH]1. The number of imidazole rings is 1. The first-order valence-electron chi connectivity index (χ1n) is 10.1. The Bertz CT molecular complexity index is 988. The second-order valence-corrected chi connectivity index (χ2v) is 7.92. The number of rotatable bonds is 4. The van der Waals surface area contributed by atoms with Crippen molar-refractivity contribution in [2.75, 3.05) is 29.9 Å². The summed E-state index contributed by atoms with van der Waals surface area (Å²) in [7, 11) is 0. The average molecular weight is 393 g/mol. The Morgan fingerprint density at radius 3 is 2.59 bits per heavy atom. The van der Waals surface area contributed by atoms with Crippen LogP contribution >= 0.6 is 0 Å². The van der Waals surface area contributed by atoms with Crippen LogP contribution in [0, 0.1) is 11.8 Å². The molecule has 2 atom stereocenters. The average Bonchev–Trinajstić information content (AvgIpc) is 3.08. The summed E-state index contributed by atoms with van der Waals surface area (Å²) in [6, 6.07) is 5.63. The van der Waals surface area contributed by atoms with Crippen LogP contribution in [0.3, 0.4) is 0 Å². The number of carbonyl (C=O) groups excluding carboxylic acids is 1. The number of hydrogen-bond donors (Lipinski definition) is 3. The van der Waals surface area contributed by atoms with Crippen LogP contribution in [0.5, 0.6) is 0 Å². The van der Waals surface area contributed by atoms with Gasteiger partial charge in [0.15, 0.2) is 0 Å². The molecule has 2 unspecified atom stereocenters. The highest BCUT2D eigenvalue weighted by Gasteiger charge is 2.23. The van der Waals surface area contributed by atoms with Crippen molar-refractivity contribution in [1.82, 2.24) is 25.3 Å². The predicted octanol–water partition coefficient (Wildman–Crippen LogP) is 3.64. The third-order valence-corrected chi connectivity index (χ3v) is 5.17. The summed E-state index contributed by atoms with van der Waals surface area (Å²) in [6.45, 7) is 9.00. The van der Waals surface area contributed by atoms with E-state index in [0.29, 0.717) is 24.3 Å². The van der Waals surface area contributed by atoms with Gasteiger partial charge in [-0.15, -0.1) is 0 Å². The molecule has 1 aliphatic rings. The van der Waals surface area contributed by atoms with Crippen LogP contribution in [0.4, 0.5) is 16.7 Å². The molecular weight excluding hydrogens is 366 g/mol. The molecule has 8 heteroatoms. The highest BCUT2D eigenvalue weighted by molar-refractivity contribution is 5.90. The number of hydrogen-bond acceptors (Lipinski definition) is 5. The van der Waals surface area contributed by atoms with Crippen LogP contribution in [-0.4, -0.2) is 45.6 Å². The minimum atomic E-state index is -0.280. The molecule has 0 aliphatic carbocycles. The lowest BCUT2D eigenvalue weighted by atomic mass is 9.92. The first-order valence-corrected chi connectivity index (χ1v) is 10.1. The molecule has 0 saturated carbocycles. The molecule has 2 aromatic heterocycles. The second-order valence-electron chi connectivity index (χ2n) is 7.92. The van der Waals surface area contributed by atoms with Crippen LogP contribution in [0.25, 0.3) is 22.2 Å². The van der Waals surface area contributed by atoms with E-state index in [1.807, 2.05) is 37.5 Å². The number of amides is 2. The van der Waals surface area contributed by atoms with Gasteiger partial charge in [-0.05, 0) is 42.9 Å². The fourth-order valence-electron chi connectivity index (χ4n) is 4.02. The summed E-state index contributed by atoms with van der Waals surface area (Å²) in [5.41, 5.74) is 3.57. The number of nitrogens with zero attached hydrogens (tertiary/aromatic N) is 4. The molecule has 1 saturated heterocycles. The van der Waals surface area contributed by atoms with E-state index in [4.69, 9.17) is 0 Å². The van der Waals surface area contributed by atoms with Crippen molar-refractivity contribution >= 4 is 29.0 Å². The van der Waals surface area contributed by atoms with Crippen molar-refractivity contribution in [2.24, 2.45) is 11.8 Å². The Hall–Kier alpha value is -3.16. The number of anilines is 2. The van der Waals surface area contributed by atoms with Crippen LogP contribution < -0.4 is 15.5 Å². The van der Waals surface area contributed by atoms with Gasteiger partial charge in [0, 0.05) is 37.6 Å². The zero-order chi connectivity index (χ0) is 20.4. The van der Waals surface area contributed by atoms with E-state index in [2.05, 4.69) is 49.3 Å². The quantitative estimate of drug-likeness (QED) is 0.628. The molecule has 0 spiro atoms. The standard InChI is InChI=1S/C21H27N7O/c1-4-22-21(29)27-19-25-17-6-5-15(8-18(17)26-19)16-9-23-20(24-10-16)28-11-13(2)7-14(3)12-28/h5-6,8-10,13-14H,4,7,11-12H2,1-3H3,(H3,22,25,26,27,29). The number of nitrogens with one attached hydrogen (secondary N) is 3. The lowest BCUT2D eigenvalue weighted by Gasteiger charge is -2.34. The lowest BCUT2D eigenvalue weighted by molar-refractivity contribution is 0.252. The van der Waals surface area contributed by atoms with E-state index in [9.17, 15) is 4.79 Å². The number of fused-ring (bicyclic) bond motifs is 1. The number of H-pyrrole nitrogens is 1. The Morgan fingerprint density at radius 1 is 1.17 bits per heavy atom. The van der Waals surface area contributed by atoms with Gasteiger partial charge in [-0.3, -0.25) is 5.32 Å².